The Labute approximate surface area is 144 Å². The van der Waals surface area contributed by atoms with Crippen molar-refractivity contribution < 1.29 is 4.79 Å². The highest BCUT2D eigenvalue weighted by Crippen LogP contribution is 2.24. The van der Waals surface area contributed by atoms with Gasteiger partial charge in [-0.15, -0.1) is 0 Å². The molecule has 0 atom stereocenters. The van der Waals surface area contributed by atoms with Crippen LogP contribution in [0.5, 0.6) is 0 Å². The first kappa shape index (κ1) is 16.7. The van der Waals surface area contributed by atoms with E-state index < -0.39 is 0 Å². The molecule has 0 amide bonds. The fraction of sp³-hybridized carbons (Fsp3) is 0.381. The molecule has 0 aromatic heterocycles. The van der Waals surface area contributed by atoms with Crippen molar-refractivity contribution in [2.24, 2.45) is 5.92 Å². The van der Waals surface area contributed by atoms with Crippen LogP contribution < -0.4 is 5.73 Å². The number of hydrogen-bond acceptors (Lipinski definition) is 3. The molecule has 0 spiro atoms. The van der Waals surface area contributed by atoms with Crippen molar-refractivity contribution >= 4 is 11.5 Å². The van der Waals surface area contributed by atoms with Gasteiger partial charge in [0.05, 0.1) is 0 Å². The maximum absolute atomic E-state index is 12.3. The van der Waals surface area contributed by atoms with E-state index in [1.807, 2.05) is 12.1 Å². The lowest BCUT2D eigenvalue weighted by Gasteiger charge is -2.32. The maximum Gasteiger partial charge on any atom is 0.162 e. The van der Waals surface area contributed by atoms with Gasteiger partial charge in [0, 0.05) is 24.2 Å². The van der Waals surface area contributed by atoms with E-state index >= 15 is 0 Å². The SMILES string of the molecule is Nc1ccc(C(=O)CCC2CCN(Cc3ccccc3)CC2)cc1. The highest BCUT2D eigenvalue weighted by Gasteiger charge is 2.20. The second kappa shape index (κ2) is 8.11. The van der Waals surface area contributed by atoms with Crippen LogP contribution in [0.15, 0.2) is 54.6 Å². The highest BCUT2D eigenvalue weighted by atomic mass is 16.1. The summed E-state index contributed by atoms with van der Waals surface area (Å²) in [7, 11) is 0. The lowest BCUT2D eigenvalue weighted by Crippen LogP contribution is -2.33. The topological polar surface area (TPSA) is 46.3 Å². The molecule has 3 nitrogen and oxygen atoms in total. The molecule has 0 aliphatic carbocycles. The van der Waals surface area contributed by atoms with Crippen LogP contribution in [-0.4, -0.2) is 23.8 Å². The fourth-order valence-electron chi connectivity index (χ4n) is 3.42. The molecule has 24 heavy (non-hydrogen) atoms. The second-order valence-corrected chi connectivity index (χ2v) is 6.79. The van der Waals surface area contributed by atoms with E-state index in [1.165, 1.54) is 18.4 Å². The molecule has 2 N–H and O–H groups in total. The number of Topliss-reactive ketones (excluding diaryl/α,β-unsaturated/α-hetero) is 1. The number of nitrogen functional groups attached to an aromatic ring is 1. The molecule has 1 aliphatic heterocycles. The summed E-state index contributed by atoms with van der Waals surface area (Å²) in [4.78, 5) is 14.8. The quantitative estimate of drug-likeness (QED) is 0.642. The predicted molar refractivity (Wildman–Crippen MR) is 98.9 cm³/mol. The summed E-state index contributed by atoms with van der Waals surface area (Å²) in [6, 6.07) is 17.9. The number of nitrogens with zero attached hydrogens (tertiary/aromatic N) is 1. The molecule has 3 rings (SSSR count). The number of anilines is 1. The normalized spacial score (nSPS) is 16.2. The van der Waals surface area contributed by atoms with Gasteiger partial charge >= 0.3 is 0 Å². The molecule has 2 aromatic rings. The van der Waals surface area contributed by atoms with E-state index in [1.54, 1.807) is 12.1 Å². The molecule has 1 heterocycles. The van der Waals surface area contributed by atoms with E-state index in [-0.39, 0.29) is 5.78 Å². The molecule has 1 aliphatic rings. The van der Waals surface area contributed by atoms with Gasteiger partial charge in [0.1, 0.15) is 0 Å². The number of carbonyl (C=O) groups is 1. The van der Waals surface area contributed by atoms with Gasteiger partial charge in [0.15, 0.2) is 5.78 Å². The third-order valence-corrected chi connectivity index (χ3v) is 4.97. The number of benzene rings is 2. The number of nitrogens with two attached hydrogens (primary N) is 1. The molecule has 0 radical (unpaired) electrons. The van der Waals surface area contributed by atoms with Crippen LogP contribution in [0.3, 0.4) is 0 Å². The lowest BCUT2D eigenvalue weighted by molar-refractivity contribution is 0.0961. The van der Waals surface area contributed by atoms with Gasteiger partial charge in [0.2, 0.25) is 0 Å². The predicted octanol–water partition coefficient (Wildman–Crippen LogP) is 4.14. The van der Waals surface area contributed by atoms with Crippen LogP contribution in [0.2, 0.25) is 0 Å². The Morgan fingerprint density at radius 3 is 2.33 bits per heavy atom. The fourth-order valence-corrected chi connectivity index (χ4v) is 3.42. The van der Waals surface area contributed by atoms with Crippen molar-refractivity contribution in [3.05, 3.63) is 65.7 Å². The standard InChI is InChI=1S/C21H26N2O/c22-20-9-7-19(8-10-20)21(24)11-6-17-12-14-23(15-13-17)16-18-4-2-1-3-5-18/h1-5,7-10,17H,6,11-16,22H2. The number of piperidine rings is 1. The Morgan fingerprint density at radius 1 is 1.00 bits per heavy atom. The summed E-state index contributed by atoms with van der Waals surface area (Å²) in [6.45, 7) is 3.31. The number of hydrogen-bond donors (Lipinski definition) is 1. The van der Waals surface area contributed by atoms with E-state index in [2.05, 4.69) is 35.2 Å². The first-order valence-corrected chi connectivity index (χ1v) is 8.86. The van der Waals surface area contributed by atoms with E-state index in [9.17, 15) is 4.79 Å². The minimum absolute atomic E-state index is 0.238. The number of rotatable bonds is 6. The van der Waals surface area contributed by atoms with Crippen LogP contribution in [0.1, 0.15) is 41.6 Å². The van der Waals surface area contributed by atoms with Gasteiger partial charge in [0.25, 0.3) is 0 Å². The van der Waals surface area contributed by atoms with Gasteiger partial charge in [-0.1, -0.05) is 30.3 Å². The van der Waals surface area contributed by atoms with Crippen molar-refractivity contribution in [2.45, 2.75) is 32.2 Å². The van der Waals surface area contributed by atoms with Crippen molar-refractivity contribution in [3.8, 4) is 0 Å². The maximum atomic E-state index is 12.3. The molecular formula is C21H26N2O. The number of carbonyl (C=O) groups excluding carboxylic acids is 1. The van der Waals surface area contributed by atoms with E-state index in [0.717, 1.165) is 31.6 Å². The largest absolute Gasteiger partial charge is 0.399 e. The second-order valence-electron chi connectivity index (χ2n) is 6.79. The summed E-state index contributed by atoms with van der Waals surface area (Å²) < 4.78 is 0. The Bertz CT molecular complexity index is 643. The third kappa shape index (κ3) is 4.68. The van der Waals surface area contributed by atoms with Gasteiger partial charge in [-0.25, -0.2) is 0 Å². The first-order chi connectivity index (χ1) is 11.7. The smallest absolute Gasteiger partial charge is 0.162 e. The molecule has 126 valence electrons. The van der Waals surface area contributed by atoms with Crippen LogP contribution in [-0.2, 0) is 6.54 Å². The molecule has 1 saturated heterocycles. The minimum atomic E-state index is 0.238. The van der Waals surface area contributed by atoms with Gasteiger partial charge in [-0.2, -0.15) is 0 Å². The molecule has 1 fully saturated rings. The summed E-state index contributed by atoms with van der Waals surface area (Å²) in [5, 5.41) is 0. The molecule has 2 aromatic carbocycles. The lowest BCUT2D eigenvalue weighted by atomic mass is 9.90. The van der Waals surface area contributed by atoms with Crippen molar-refractivity contribution in [1.29, 1.82) is 0 Å². The van der Waals surface area contributed by atoms with Crippen molar-refractivity contribution in [2.75, 3.05) is 18.8 Å². The van der Waals surface area contributed by atoms with Crippen LogP contribution in [0, 0.1) is 5.92 Å². The summed E-state index contributed by atoms with van der Waals surface area (Å²) in [5.41, 5.74) is 8.54. The number of ketones is 1. The summed E-state index contributed by atoms with van der Waals surface area (Å²) >= 11 is 0. The molecule has 0 bridgehead atoms. The molecule has 0 saturated carbocycles. The Balaban J connectivity index is 1.41. The minimum Gasteiger partial charge on any atom is -0.399 e. The summed E-state index contributed by atoms with van der Waals surface area (Å²) in [6.07, 6.45) is 4.04. The van der Waals surface area contributed by atoms with E-state index in [4.69, 9.17) is 5.73 Å². The van der Waals surface area contributed by atoms with E-state index in [0.29, 0.717) is 18.0 Å². The Kier molecular flexibility index (Phi) is 5.65. The van der Waals surface area contributed by atoms with Crippen LogP contribution in [0.25, 0.3) is 0 Å². The first-order valence-electron chi connectivity index (χ1n) is 8.86. The zero-order valence-corrected chi connectivity index (χ0v) is 14.2. The molecule has 0 unspecified atom stereocenters. The molecule has 3 heteroatoms. The van der Waals surface area contributed by atoms with Crippen LogP contribution in [0.4, 0.5) is 5.69 Å². The van der Waals surface area contributed by atoms with Gasteiger partial charge in [-0.3, -0.25) is 9.69 Å². The third-order valence-electron chi connectivity index (χ3n) is 4.97. The number of likely N-dealkylation sites (tertiary alicyclic amines) is 1. The monoisotopic (exact) mass is 322 g/mol. The van der Waals surface area contributed by atoms with Crippen molar-refractivity contribution in [3.63, 3.8) is 0 Å². The summed E-state index contributed by atoms with van der Waals surface area (Å²) in [5.74, 6) is 0.913. The van der Waals surface area contributed by atoms with Gasteiger partial charge in [-0.05, 0) is 68.1 Å². The zero-order chi connectivity index (χ0) is 16.8. The Hall–Kier alpha value is -2.13. The average Bonchev–Trinajstić information content (AvgIpc) is 2.62. The van der Waals surface area contributed by atoms with Crippen LogP contribution >= 0.6 is 0 Å². The Morgan fingerprint density at radius 2 is 1.67 bits per heavy atom. The molecular weight excluding hydrogens is 296 g/mol. The van der Waals surface area contributed by atoms with Crippen molar-refractivity contribution in [1.82, 2.24) is 4.90 Å². The van der Waals surface area contributed by atoms with Gasteiger partial charge < -0.3 is 5.73 Å². The zero-order valence-electron chi connectivity index (χ0n) is 14.2. The highest BCUT2D eigenvalue weighted by molar-refractivity contribution is 5.96. The average molecular weight is 322 g/mol.